The summed E-state index contributed by atoms with van der Waals surface area (Å²) >= 11 is 0. The first-order valence-electron chi connectivity index (χ1n) is 8.28. The van der Waals surface area contributed by atoms with Crippen LogP contribution in [0.1, 0.15) is 30.8 Å². The Labute approximate surface area is 149 Å². The fourth-order valence-electron chi connectivity index (χ4n) is 2.30. The number of aromatic amines is 1. The Morgan fingerprint density at radius 3 is 2.72 bits per heavy atom. The lowest BCUT2D eigenvalue weighted by molar-refractivity contribution is 0.181. The minimum Gasteiger partial charge on any atom is -0.493 e. The van der Waals surface area contributed by atoms with E-state index in [9.17, 15) is 0 Å². The highest BCUT2D eigenvalue weighted by molar-refractivity contribution is 5.43. The van der Waals surface area contributed by atoms with E-state index >= 15 is 0 Å². The van der Waals surface area contributed by atoms with E-state index in [0.29, 0.717) is 19.8 Å². The van der Waals surface area contributed by atoms with Crippen molar-refractivity contribution in [1.29, 1.82) is 0 Å². The average molecular weight is 345 g/mol. The molecule has 0 radical (unpaired) electrons. The highest BCUT2D eigenvalue weighted by Crippen LogP contribution is 2.28. The van der Waals surface area contributed by atoms with Crippen LogP contribution in [0.4, 0.5) is 0 Å². The van der Waals surface area contributed by atoms with Crippen molar-refractivity contribution in [3.63, 3.8) is 0 Å². The Balaban J connectivity index is 1.87. The Hall–Kier alpha value is -2.31. The number of nitrogens with zero attached hydrogens (tertiary/aromatic N) is 1. The first-order chi connectivity index (χ1) is 12.1. The molecule has 0 saturated carbocycles. The van der Waals surface area contributed by atoms with Gasteiger partial charge in [0.2, 0.25) is 0 Å². The highest BCUT2D eigenvalue weighted by atomic mass is 16.5. The number of ether oxygens (including phenoxy) is 3. The Kier molecular flexibility index (Phi) is 7.50. The van der Waals surface area contributed by atoms with Crippen LogP contribution in [0.5, 0.6) is 11.5 Å². The van der Waals surface area contributed by atoms with Crippen LogP contribution in [0.15, 0.2) is 35.9 Å². The summed E-state index contributed by atoms with van der Waals surface area (Å²) in [7, 11) is 3.32. The summed E-state index contributed by atoms with van der Waals surface area (Å²) in [6, 6.07) is 7.97. The van der Waals surface area contributed by atoms with Crippen LogP contribution >= 0.6 is 0 Å². The lowest BCUT2D eigenvalue weighted by Gasteiger charge is -2.11. The Bertz CT molecular complexity index is 691. The molecule has 1 aromatic heterocycles. The second kappa shape index (κ2) is 9.86. The van der Waals surface area contributed by atoms with Crippen LogP contribution in [-0.4, -0.2) is 31.0 Å². The third-order valence-corrected chi connectivity index (χ3v) is 3.58. The number of methoxy groups -OCH3 is 2. The molecule has 0 spiro atoms. The topological polar surface area (TPSA) is 68.4 Å². The van der Waals surface area contributed by atoms with E-state index in [1.165, 1.54) is 5.57 Å². The smallest absolute Gasteiger partial charge is 0.161 e. The summed E-state index contributed by atoms with van der Waals surface area (Å²) in [6.07, 6.45) is 2.04. The molecule has 0 saturated heterocycles. The number of hydrogen-bond acceptors (Lipinski definition) is 5. The SMILES string of the molecule is COCc1cc(CNCc2ccc(OCC=C(C)C)c(OC)c2)n[nH]1. The molecule has 0 unspecified atom stereocenters. The zero-order chi connectivity index (χ0) is 18.1. The number of H-pyrrole nitrogens is 1. The first kappa shape index (κ1) is 19.0. The molecule has 0 amide bonds. The van der Waals surface area contributed by atoms with E-state index in [1.54, 1.807) is 14.2 Å². The minimum atomic E-state index is 0.540. The number of rotatable bonds is 10. The predicted octanol–water partition coefficient (Wildman–Crippen LogP) is 3.20. The summed E-state index contributed by atoms with van der Waals surface area (Å²) in [5.41, 5.74) is 4.28. The van der Waals surface area contributed by atoms with Crippen LogP contribution in [-0.2, 0) is 24.4 Å². The number of aromatic nitrogens is 2. The summed E-state index contributed by atoms with van der Waals surface area (Å²) in [6.45, 7) is 6.58. The molecule has 25 heavy (non-hydrogen) atoms. The molecule has 0 bridgehead atoms. The lowest BCUT2D eigenvalue weighted by atomic mass is 10.2. The van der Waals surface area contributed by atoms with E-state index in [4.69, 9.17) is 14.2 Å². The standard InChI is InChI=1S/C19H27N3O3/c1-14(2)7-8-25-18-6-5-15(9-19(18)24-4)11-20-12-16-10-17(13-23-3)22-21-16/h5-7,9-10,20H,8,11-13H2,1-4H3,(H,21,22). The summed E-state index contributed by atoms with van der Waals surface area (Å²) in [5, 5.41) is 10.6. The maximum absolute atomic E-state index is 5.75. The van der Waals surface area contributed by atoms with Crippen molar-refractivity contribution in [2.75, 3.05) is 20.8 Å². The molecule has 6 heteroatoms. The molecule has 2 rings (SSSR count). The zero-order valence-electron chi connectivity index (χ0n) is 15.4. The van der Waals surface area contributed by atoms with Crippen LogP contribution in [0.25, 0.3) is 0 Å². The summed E-state index contributed by atoms with van der Waals surface area (Å²) < 4.78 is 16.3. The second-order valence-electron chi connectivity index (χ2n) is 6.00. The maximum Gasteiger partial charge on any atom is 0.161 e. The zero-order valence-corrected chi connectivity index (χ0v) is 15.4. The van der Waals surface area contributed by atoms with Crippen LogP contribution in [0.2, 0.25) is 0 Å². The molecule has 1 aromatic carbocycles. The third kappa shape index (κ3) is 6.25. The molecule has 0 aliphatic rings. The lowest BCUT2D eigenvalue weighted by Crippen LogP contribution is -2.13. The molecule has 0 fully saturated rings. The quantitative estimate of drug-likeness (QED) is 0.647. The monoisotopic (exact) mass is 345 g/mol. The molecule has 136 valence electrons. The van der Waals surface area contributed by atoms with Crippen molar-refractivity contribution in [2.45, 2.75) is 33.5 Å². The van der Waals surface area contributed by atoms with Gasteiger partial charge < -0.3 is 19.5 Å². The maximum atomic E-state index is 5.75. The van der Waals surface area contributed by atoms with Crippen molar-refractivity contribution in [3.8, 4) is 11.5 Å². The van der Waals surface area contributed by atoms with Gasteiger partial charge in [0.05, 0.1) is 25.1 Å². The molecule has 1 heterocycles. The predicted molar refractivity (Wildman–Crippen MR) is 97.8 cm³/mol. The van der Waals surface area contributed by atoms with E-state index in [1.807, 2.05) is 44.2 Å². The van der Waals surface area contributed by atoms with Crippen LogP contribution in [0.3, 0.4) is 0 Å². The number of hydrogen-bond donors (Lipinski definition) is 2. The van der Waals surface area contributed by atoms with Crippen LogP contribution in [0, 0.1) is 0 Å². The molecule has 6 nitrogen and oxygen atoms in total. The van der Waals surface area contributed by atoms with E-state index in [-0.39, 0.29) is 0 Å². The van der Waals surface area contributed by atoms with Crippen molar-refractivity contribution >= 4 is 0 Å². The molecule has 0 aliphatic carbocycles. The Morgan fingerprint density at radius 2 is 2.00 bits per heavy atom. The van der Waals surface area contributed by atoms with Crippen molar-refractivity contribution < 1.29 is 14.2 Å². The van der Waals surface area contributed by atoms with Gasteiger partial charge in [-0.25, -0.2) is 0 Å². The molecule has 2 N–H and O–H groups in total. The van der Waals surface area contributed by atoms with Crippen molar-refractivity contribution in [1.82, 2.24) is 15.5 Å². The Morgan fingerprint density at radius 1 is 1.16 bits per heavy atom. The largest absolute Gasteiger partial charge is 0.493 e. The van der Waals surface area contributed by atoms with Gasteiger partial charge in [0.15, 0.2) is 11.5 Å². The summed E-state index contributed by atoms with van der Waals surface area (Å²) in [5.74, 6) is 1.49. The first-order valence-corrected chi connectivity index (χ1v) is 8.28. The van der Waals surface area contributed by atoms with E-state index < -0.39 is 0 Å². The average Bonchev–Trinajstić information content (AvgIpc) is 3.03. The van der Waals surface area contributed by atoms with Gasteiger partial charge in [-0.2, -0.15) is 5.10 Å². The molecular formula is C19H27N3O3. The summed E-state index contributed by atoms with van der Waals surface area (Å²) in [4.78, 5) is 0. The fraction of sp³-hybridized carbons (Fsp3) is 0.421. The number of nitrogens with one attached hydrogen (secondary N) is 2. The van der Waals surface area contributed by atoms with Gasteiger partial charge in [0, 0.05) is 20.2 Å². The molecule has 0 aliphatic heterocycles. The highest BCUT2D eigenvalue weighted by Gasteiger charge is 2.06. The van der Waals surface area contributed by atoms with Gasteiger partial charge in [-0.3, -0.25) is 5.10 Å². The third-order valence-electron chi connectivity index (χ3n) is 3.58. The van der Waals surface area contributed by atoms with Gasteiger partial charge in [-0.1, -0.05) is 11.6 Å². The van der Waals surface area contributed by atoms with Gasteiger partial charge in [-0.05, 0) is 43.7 Å². The van der Waals surface area contributed by atoms with Gasteiger partial charge >= 0.3 is 0 Å². The molecular weight excluding hydrogens is 318 g/mol. The van der Waals surface area contributed by atoms with Gasteiger partial charge in [0.25, 0.3) is 0 Å². The molecule has 2 aromatic rings. The van der Waals surface area contributed by atoms with Gasteiger partial charge in [0.1, 0.15) is 6.61 Å². The van der Waals surface area contributed by atoms with Crippen molar-refractivity contribution in [3.05, 3.63) is 52.9 Å². The van der Waals surface area contributed by atoms with Gasteiger partial charge in [-0.15, -0.1) is 0 Å². The number of benzene rings is 1. The normalized spacial score (nSPS) is 10.6. The van der Waals surface area contributed by atoms with E-state index in [2.05, 4.69) is 15.5 Å². The number of allylic oxidation sites excluding steroid dienone is 1. The van der Waals surface area contributed by atoms with Crippen LogP contribution < -0.4 is 14.8 Å². The van der Waals surface area contributed by atoms with E-state index in [0.717, 1.165) is 35.0 Å². The molecule has 0 atom stereocenters. The second-order valence-corrected chi connectivity index (χ2v) is 6.00. The fourth-order valence-corrected chi connectivity index (χ4v) is 2.30. The minimum absolute atomic E-state index is 0.540. The van der Waals surface area contributed by atoms with Crippen molar-refractivity contribution in [2.24, 2.45) is 0 Å².